The summed E-state index contributed by atoms with van der Waals surface area (Å²) in [5, 5.41) is 4.32. The zero-order valence-electron chi connectivity index (χ0n) is 15.6. The summed E-state index contributed by atoms with van der Waals surface area (Å²) in [4.78, 5) is 27.5. The van der Waals surface area contributed by atoms with Crippen LogP contribution in [0.4, 0.5) is 18.0 Å². The van der Waals surface area contributed by atoms with Crippen LogP contribution in [-0.4, -0.2) is 46.5 Å². The van der Waals surface area contributed by atoms with E-state index in [2.05, 4.69) is 15.6 Å². The zero-order valence-corrected chi connectivity index (χ0v) is 16.3. The molecular formula is C19H21ClF3N3O3. The molecule has 1 saturated heterocycles. The fourth-order valence-electron chi connectivity index (χ4n) is 5.05. The number of alkyl halides is 4. The molecule has 0 spiro atoms. The summed E-state index contributed by atoms with van der Waals surface area (Å²) < 4.78 is 47.1. The molecule has 0 bridgehead atoms. The Kier molecular flexibility index (Phi) is 5.13. The van der Waals surface area contributed by atoms with Gasteiger partial charge in [0.1, 0.15) is 17.5 Å². The quantitative estimate of drug-likeness (QED) is 0.568. The van der Waals surface area contributed by atoms with Gasteiger partial charge in [0.05, 0.1) is 11.3 Å². The molecule has 0 aromatic carbocycles. The molecule has 0 radical (unpaired) electrons. The summed E-state index contributed by atoms with van der Waals surface area (Å²) in [6.07, 6.45) is -2.81. The molecule has 1 aliphatic heterocycles. The van der Waals surface area contributed by atoms with Crippen LogP contribution in [0.5, 0.6) is 5.75 Å². The third-order valence-corrected chi connectivity index (χ3v) is 6.85. The maximum Gasteiger partial charge on any atom is 0.393 e. The molecule has 2 amide bonds. The van der Waals surface area contributed by atoms with Gasteiger partial charge in [-0.1, -0.05) is 0 Å². The number of hydrogen-bond donors (Lipinski definition) is 2. The molecule has 3 aliphatic rings. The first-order valence-electron chi connectivity index (χ1n) is 9.56. The number of urea groups is 1. The molecule has 10 heteroatoms. The molecule has 1 aromatic heterocycles. The van der Waals surface area contributed by atoms with Gasteiger partial charge in [-0.15, -0.1) is 11.6 Å². The summed E-state index contributed by atoms with van der Waals surface area (Å²) in [6.45, 7) is 1.38. The van der Waals surface area contributed by atoms with Gasteiger partial charge >= 0.3 is 12.2 Å². The van der Waals surface area contributed by atoms with Crippen LogP contribution in [-0.2, 0) is 0 Å². The van der Waals surface area contributed by atoms with E-state index in [0.717, 1.165) is 0 Å². The maximum absolute atomic E-state index is 13.7. The Hall–Kier alpha value is -2.03. The molecule has 7 unspecified atom stereocenters. The fourth-order valence-corrected chi connectivity index (χ4v) is 5.62. The number of pyridine rings is 1. The van der Waals surface area contributed by atoms with E-state index in [4.69, 9.17) is 16.3 Å². The molecule has 6 nitrogen and oxygen atoms in total. The highest BCUT2D eigenvalue weighted by molar-refractivity contribution is 6.21. The SMILES string of the molecule is CC(=O)c1cc(OC2CCC3NC(=O)NC4CC(C(F)(F)F)C(Cl)C2C34)ccn1. The molecule has 2 saturated carbocycles. The number of ether oxygens (including phenoxy) is 1. The average molecular weight is 432 g/mol. The van der Waals surface area contributed by atoms with E-state index >= 15 is 0 Å². The lowest BCUT2D eigenvalue weighted by molar-refractivity contribution is -0.197. The first kappa shape index (κ1) is 20.3. The summed E-state index contributed by atoms with van der Waals surface area (Å²) >= 11 is 6.42. The summed E-state index contributed by atoms with van der Waals surface area (Å²) in [5.41, 5.74) is 0.222. The first-order chi connectivity index (χ1) is 13.6. The second kappa shape index (κ2) is 7.34. The van der Waals surface area contributed by atoms with Gasteiger partial charge in [0.2, 0.25) is 0 Å². The van der Waals surface area contributed by atoms with Crippen LogP contribution in [0.2, 0.25) is 0 Å². The molecule has 7 atom stereocenters. The zero-order chi connectivity index (χ0) is 20.9. The highest BCUT2D eigenvalue weighted by Crippen LogP contribution is 2.51. The number of carbonyl (C=O) groups excluding carboxylic acids is 2. The minimum Gasteiger partial charge on any atom is -0.490 e. The second-order valence-electron chi connectivity index (χ2n) is 7.98. The van der Waals surface area contributed by atoms with E-state index < -0.39 is 41.6 Å². The van der Waals surface area contributed by atoms with E-state index in [9.17, 15) is 22.8 Å². The van der Waals surface area contributed by atoms with E-state index in [-0.39, 0.29) is 29.9 Å². The highest BCUT2D eigenvalue weighted by atomic mass is 35.5. The molecular weight excluding hydrogens is 411 g/mol. The number of aromatic nitrogens is 1. The number of nitrogens with one attached hydrogen (secondary N) is 2. The molecule has 3 fully saturated rings. The lowest BCUT2D eigenvalue weighted by Gasteiger charge is -2.55. The van der Waals surface area contributed by atoms with E-state index in [1.54, 1.807) is 6.07 Å². The molecule has 158 valence electrons. The third kappa shape index (κ3) is 3.76. The van der Waals surface area contributed by atoms with Crippen LogP contribution in [0.1, 0.15) is 36.7 Å². The smallest absolute Gasteiger partial charge is 0.393 e. The number of amides is 2. The van der Waals surface area contributed by atoms with Crippen molar-refractivity contribution < 1.29 is 27.5 Å². The molecule has 2 aliphatic carbocycles. The van der Waals surface area contributed by atoms with E-state index in [1.807, 2.05) is 0 Å². The van der Waals surface area contributed by atoms with Gasteiger partial charge in [-0.3, -0.25) is 9.78 Å². The predicted octanol–water partition coefficient (Wildman–Crippen LogP) is 3.30. The number of ketones is 1. The Morgan fingerprint density at radius 1 is 1.24 bits per heavy atom. The third-order valence-electron chi connectivity index (χ3n) is 6.26. The molecule has 29 heavy (non-hydrogen) atoms. The lowest BCUT2D eigenvalue weighted by atomic mass is 9.60. The van der Waals surface area contributed by atoms with Crippen LogP contribution in [0.3, 0.4) is 0 Å². The largest absolute Gasteiger partial charge is 0.490 e. The van der Waals surface area contributed by atoms with Crippen molar-refractivity contribution in [2.75, 3.05) is 0 Å². The van der Waals surface area contributed by atoms with Crippen molar-refractivity contribution in [3.8, 4) is 5.75 Å². The number of rotatable bonds is 3. The van der Waals surface area contributed by atoms with Gasteiger partial charge in [-0.25, -0.2) is 4.79 Å². The summed E-state index contributed by atoms with van der Waals surface area (Å²) in [7, 11) is 0. The predicted molar refractivity (Wildman–Crippen MR) is 97.9 cm³/mol. The van der Waals surface area contributed by atoms with Crippen molar-refractivity contribution in [1.82, 2.24) is 15.6 Å². The Balaban J connectivity index is 1.65. The maximum atomic E-state index is 13.7. The van der Waals surface area contributed by atoms with Gasteiger partial charge in [0.25, 0.3) is 0 Å². The monoisotopic (exact) mass is 431 g/mol. The molecule has 2 N–H and O–H groups in total. The highest BCUT2D eigenvalue weighted by Gasteiger charge is 2.60. The van der Waals surface area contributed by atoms with Gasteiger partial charge in [-0.2, -0.15) is 13.2 Å². The first-order valence-corrected chi connectivity index (χ1v) is 10.00. The minimum atomic E-state index is -4.47. The Morgan fingerprint density at radius 3 is 2.66 bits per heavy atom. The summed E-state index contributed by atoms with van der Waals surface area (Å²) in [6, 6.07) is 1.77. The van der Waals surface area contributed by atoms with Gasteiger partial charge in [0.15, 0.2) is 5.78 Å². The minimum absolute atomic E-state index is 0.222. The van der Waals surface area contributed by atoms with Crippen LogP contribution >= 0.6 is 11.6 Å². The summed E-state index contributed by atoms with van der Waals surface area (Å²) in [5.74, 6) is -2.46. The van der Waals surface area contributed by atoms with Gasteiger partial charge in [-0.05, 0) is 25.3 Å². The van der Waals surface area contributed by atoms with Gasteiger partial charge < -0.3 is 15.4 Å². The van der Waals surface area contributed by atoms with Crippen molar-refractivity contribution in [2.24, 2.45) is 17.8 Å². The number of nitrogens with zero attached hydrogens (tertiary/aromatic N) is 1. The van der Waals surface area contributed by atoms with Crippen molar-refractivity contribution >= 4 is 23.4 Å². The second-order valence-corrected chi connectivity index (χ2v) is 8.48. The standard InChI is InChI=1S/C19H21ClF3N3O3/c1-8(27)12-6-9(4-5-24-12)29-14-3-2-11-15-13(26-18(28)25-11)7-10(19(21,22)23)17(20)16(14)15/h4-6,10-11,13-17H,2-3,7H2,1H3,(H2,25,26,28). The lowest BCUT2D eigenvalue weighted by Crippen LogP contribution is -2.70. The number of hydrogen-bond acceptors (Lipinski definition) is 4. The normalized spacial score (nSPS) is 36.4. The van der Waals surface area contributed by atoms with Crippen molar-refractivity contribution in [3.05, 3.63) is 24.0 Å². The fraction of sp³-hybridized carbons (Fsp3) is 0.632. The van der Waals surface area contributed by atoms with Crippen LogP contribution in [0.25, 0.3) is 0 Å². The van der Waals surface area contributed by atoms with E-state index in [1.165, 1.54) is 19.2 Å². The molecule has 1 aromatic rings. The van der Waals surface area contributed by atoms with Crippen LogP contribution in [0, 0.1) is 17.8 Å². The van der Waals surface area contributed by atoms with Crippen LogP contribution in [0.15, 0.2) is 18.3 Å². The average Bonchev–Trinajstić information content (AvgIpc) is 2.64. The number of Topliss-reactive ketones (excluding diaryl/α,β-unsaturated/α-hetero) is 1. The van der Waals surface area contributed by atoms with Crippen molar-refractivity contribution in [2.45, 2.75) is 55.9 Å². The molecule has 2 heterocycles. The van der Waals surface area contributed by atoms with Crippen molar-refractivity contribution in [3.63, 3.8) is 0 Å². The molecule has 4 rings (SSSR count). The van der Waals surface area contributed by atoms with Crippen molar-refractivity contribution in [1.29, 1.82) is 0 Å². The van der Waals surface area contributed by atoms with E-state index in [0.29, 0.717) is 18.6 Å². The Bertz CT molecular complexity index is 821. The van der Waals surface area contributed by atoms with Gasteiger partial charge in [0, 0.05) is 43.1 Å². The Morgan fingerprint density at radius 2 is 1.97 bits per heavy atom. The van der Waals surface area contributed by atoms with Crippen LogP contribution < -0.4 is 15.4 Å². The topological polar surface area (TPSA) is 80.3 Å². The number of carbonyl (C=O) groups is 2. The Labute approximate surface area is 170 Å². The number of halogens is 4.